The molecule has 0 aliphatic heterocycles. The smallest absolute Gasteiger partial charge is 0.309 e. The van der Waals surface area contributed by atoms with Crippen LogP contribution in [0, 0.1) is 35.5 Å². The van der Waals surface area contributed by atoms with Crippen LogP contribution in [0.25, 0.3) is 0 Å². The second-order valence-electron chi connectivity index (χ2n) is 9.34. The van der Waals surface area contributed by atoms with Gasteiger partial charge in [0.1, 0.15) is 5.60 Å². The normalized spacial score (nSPS) is 35.5. The van der Waals surface area contributed by atoms with Crippen LogP contribution in [0.3, 0.4) is 0 Å². The summed E-state index contributed by atoms with van der Waals surface area (Å²) in [6, 6.07) is 0. The largest absolute Gasteiger partial charge is 0.481 e. The summed E-state index contributed by atoms with van der Waals surface area (Å²) >= 11 is 0. The minimum absolute atomic E-state index is 0.146. The molecule has 3 fully saturated rings. The van der Waals surface area contributed by atoms with Crippen molar-refractivity contribution in [3.63, 3.8) is 0 Å². The number of carbonyl (C=O) groups excluding carboxylic acids is 1. The van der Waals surface area contributed by atoms with Crippen molar-refractivity contribution in [2.45, 2.75) is 84.2 Å². The van der Waals surface area contributed by atoms with E-state index in [1.807, 2.05) is 6.92 Å². The highest BCUT2D eigenvalue weighted by Crippen LogP contribution is 2.54. The summed E-state index contributed by atoms with van der Waals surface area (Å²) in [5.41, 5.74) is -0.331. The minimum Gasteiger partial charge on any atom is -0.481 e. The monoisotopic (exact) mass is 350 g/mol. The molecule has 25 heavy (non-hydrogen) atoms. The molecule has 3 rings (SSSR count). The molecule has 6 atom stereocenters. The lowest BCUT2D eigenvalue weighted by atomic mass is 9.74. The molecule has 0 spiro atoms. The van der Waals surface area contributed by atoms with Gasteiger partial charge in [-0.15, -0.1) is 0 Å². The number of hydrogen-bond acceptors (Lipinski definition) is 3. The number of hydrogen-bond donors (Lipinski definition) is 1. The maximum atomic E-state index is 12.9. The Kier molecular flexibility index (Phi) is 5.45. The summed E-state index contributed by atoms with van der Waals surface area (Å²) < 4.78 is 5.94. The van der Waals surface area contributed by atoms with E-state index in [0.29, 0.717) is 18.3 Å². The van der Waals surface area contributed by atoms with Gasteiger partial charge in [0.2, 0.25) is 0 Å². The molecule has 2 bridgehead atoms. The first-order valence-electron chi connectivity index (χ1n) is 10.2. The molecule has 4 nitrogen and oxygen atoms in total. The number of ether oxygens (including phenoxy) is 1. The fraction of sp³-hybridized carbons (Fsp3) is 0.905. The predicted octanol–water partition coefficient (Wildman–Crippen LogP) is 4.66. The zero-order valence-electron chi connectivity index (χ0n) is 16.0. The summed E-state index contributed by atoms with van der Waals surface area (Å²) in [7, 11) is 0. The van der Waals surface area contributed by atoms with E-state index in [1.165, 1.54) is 19.3 Å². The second-order valence-corrected chi connectivity index (χ2v) is 9.34. The summed E-state index contributed by atoms with van der Waals surface area (Å²) in [6.45, 7) is 6.08. The molecule has 0 saturated heterocycles. The SMILES string of the molecule is CC(CC(CC1C2CCC(C2)C1C)C(=O)OC1(C)CCCC1)C(=O)O. The maximum Gasteiger partial charge on any atom is 0.309 e. The number of carboxylic acid groups (broad SMARTS) is 1. The Hall–Kier alpha value is -1.06. The molecule has 142 valence electrons. The van der Waals surface area contributed by atoms with Crippen LogP contribution in [0.2, 0.25) is 0 Å². The summed E-state index contributed by atoms with van der Waals surface area (Å²) in [6.07, 6.45) is 9.25. The zero-order valence-corrected chi connectivity index (χ0v) is 16.0. The van der Waals surface area contributed by atoms with E-state index in [1.54, 1.807) is 6.92 Å². The third kappa shape index (κ3) is 4.03. The van der Waals surface area contributed by atoms with Crippen molar-refractivity contribution in [2.75, 3.05) is 0 Å². The average Bonchev–Trinajstić information content (AvgIpc) is 3.24. The summed E-state index contributed by atoms with van der Waals surface area (Å²) in [5.74, 6) is 1.05. The van der Waals surface area contributed by atoms with Gasteiger partial charge in [-0.05, 0) is 88.4 Å². The highest BCUT2D eigenvalue weighted by atomic mass is 16.6. The van der Waals surface area contributed by atoms with Crippen molar-refractivity contribution in [2.24, 2.45) is 35.5 Å². The highest BCUT2D eigenvalue weighted by molar-refractivity contribution is 5.75. The van der Waals surface area contributed by atoms with Crippen LogP contribution in [0.1, 0.15) is 78.6 Å². The average molecular weight is 350 g/mol. The van der Waals surface area contributed by atoms with E-state index in [-0.39, 0.29) is 17.5 Å². The first kappa shape index (κ1) is 18.7. The van der Waals surface area contributed by atoms with Crippen LogP contribution in [-0.2, 0) is 14.3 Å². The Balaban J connectivity index is 1.68. The fourth-order valence-corrected chi connectivity index (χ4v) is 5.80. The van der Waals surface area contributed by atoms with Crippen LogP contribution in [0.15, 0.2) is 0 Å². The van der Waals surface area contributed by atoms with Gasteiger partial charge in [0.05, 0.1) is 11.8 Å². The molecule has 6 unspecified atom stereocenters. The molecule has 3 aliphatic rings. The molecule has 4 heteroatoms. The number of carbonyl (C=O) groups is 2. The lowest BCUT2D eigenvalue weighted by Gasteiger charge is -2.33. The van der Waals surface area contributed by atoms with Gasteiger partial charge >= 0.3 is 11.9 Å². The zero-order chi connectivity index (χ0) is 18.2. The molecular formula is C21H34O4. The quantitative estimate of drug-likeness (QED) is 0.678. The maximum absolute atomic E-state index is 12.9. The third-order valence-corrected chi connectivity index (χ3v) is 7.50. The van der Waals surface area contributed by atoms with Gasteiger partial charge in [-0.25, -0.2) is 0 Å². The molecule has 3 saturated carbocycles. The number of aliphatic carboxylic acids is 1. The molecule has 0 amide bonds. The molecule has 0 aromatic carbocycles. The van der Waals surface area contributed by atoms with Crippen LogP contribution in [-0.4, -0.2) is 22.6 Å². The molecule has 0 aromatic rings. The van der Waals surface area contributed by atoms with Crippen molar-refractivity contribution in [3.05, 3.63) is 0 Å². The molecule has 0 aromatic heterocycles. The molecule has 3 aliphatic carbocycles. The lowest BCUT2D eigenvalue weighted by Crippen LogP contribution is -2.35. The topological polar surface area (TPSA) is 63.6 Å². The van der Waals surface area contributed by atoms with Gasteiger partial charge < -0.3 is 9.84 Å². The number of carboxylic acids is 1. The first-order valence-corrected chi connectivity index (χ1v) is 10.2. The Morgan fingerprint density at radius 3 is 2.40 bits per heavy atom. The predicted molar refractivity (Wildman–Crippen MR) is 96.0 cm³/mol. The van der Waals surface area contributed by atoms with E-state index in [9.17, 15) is 14.7 Å². The minimum atomic E-state index is -0.814. The Morgan fingerprint density at radius 2 is 1.84 bits per heavy atom. The van der Waals surface area contributed by atoms with E-state index in [0.717, 1.165) is 43.9 Å². The summed E-state index contributed by atoms with van der Waals surface area (Å²) in [5, 5.41) is 9.31. The number of fused-ring (bicyclic) bond motifs is 2. The van der Waals surface area contributed by atoms with Crippen molar-refractivity contribution >= 4 is 11.9 Å². The van der Waals surface area contributed by atoms with E-state index in [2.05, 4.69) is 6.92 Å². The van der Waals surface area contributed by atoms with E-state index >= 15 is 0 Å². The van der Waals surface area contributed by atoms with Gasteiger partial charge in [-0.3, -0.25) is 9.59 Å². The van der Waals surface area contributed by atoms with Crippen LogP contribution in [0.5, 0.6) is 0 Å². The Morgan fingerprint density at radius 1 is 1.20 bits per heavy atom. The van der Waals surface area contributed by atoms with Crippen molar-refractivity contribution in [1.29, 1.82) is 0 Å². The van der Waals surface area contributed by atoms with Gasteiger partial charge in [0.25, 0.3) is 0 Å². The summed E-state index contributed by atoms with van der Waals surface area (Å²) in [4.78, 5) is 24.3. The van der Waals surface area contributed by atoms with Crippen LogP contribution < -0.4 is 0 Å². The fourth-order valence-electron chi connectivity index (χ4n) is 5.80. The molecular weight excluding hydrogens is 316 g/mol. The van der Waals surface area contributed by atoms with Crippen molar-refractivity contribution < 1.29 is 19.4 Å². The molecule has 0 radical (unpaired) electrons. The van der Waals surface area contributed by atoms with Crippen molar-refractivity contribution in [1.82, 2.24) is 0 Å². The Labute approximate surface area is 151 Å². The second kappa shape index (κ2) is 7.28. The van der Waals surface area contributed by atoms with Crippen molar-refractivity contribution in [3.8, 4) is 0 Å². The van der Waals surface area contributed by atoms with Gasteiger partial charge in [-0.2, -0.15) is 0 Å². The number of esters is 1. The van der Waals surface area contributed by atoms with Gasteiger partial charge in [0, 0.05) is 0 Å². The van der Waals surface area contributed by atoms with E-state index < -0.39 is 11.9 Å². The first-order chi connectivity index (χ1) is 11.8. The van der Waals surface area contributed by atoms with Crippen LogP contribution >= 0.6 is 0 Å². The lowest BCUT2D eigenvalue weighted by molar-refractivity contribution is -0.164. The van der Waals surface area contributed by atoms with E-state index in [4.69, 9.17) is 4.74 Å². The molecule has 1 N–H and O–H groups in total. The van der Waals surface area contributed by atoms with Crippen LogP contribution in [0.4, 0.5) is 0 Å². The Bertz CT molecular complexity index is 506. The standard InChI is InChI=1S/C21H34O4/c1-13(19(22)23)10-17(20(24)25-21(3)8-4-5-9-21)12-18-14(2)15-6-7-16(18)11-15/h13-18H,4-12H2,1-3H3,(H,22,23). The van der Waals surface area contributed by atoms with Gasteiger partial charge in [-0.1, -0.05) is 13.8 Å². The third-order valence-electron chi connectivity index (χ3n) is 7.50. The molecule has 0 heterocycles. The van der Waals surface area contributed by atoms with Gasteiger partial charge in [0.15, 0.2) is 0 Å². The highest BCUT2D eigenvalue weighted by Gasteiger charge is 2.47. The number of rotatable bonds is 7.